The SMILES string of the molecule is CCCC(=O)NCC1=CCCN(Cc2cccc(Cl)n2)C1. The van der Waals surface area contributed by atoms with Gasteiger partial charge in [0, 0.05) is 32.6 Å². The second-order valence-corrected chi connectivity index (χ2v) is 5.73. The molecule has 2 rings (SSSR count). The van der Waals surface area contributed by atoms with Gasteiger partial charge in [0.15, 0.2) is 0 Å². The van der Waals surface area contributed by atoms with Gasteiger partial charge in [-0.05, 0) is 30.5 Å². The molecule has 0 bridgehead atoms. The predicted octanol–water partition coefficient (Wildman–Crippen LogP) is 2.78. The van der Waals surface area contributed by atoms with Gasteiger partial charge in [0.2, 0.25) is 5.91 Å². The smallest absolute Gasteiger partial charge is 0.220 e. The van der Waals surface area contributed by atoms with Gasteiger partial charge in [0.05, 0.1) is 5.69 Å². The molecule has 1 amide bonds. The molecule has 5 heteroatoms. The van der Waals surface area contributed by atoms with Crippen molar-refractivity contribution in [1.29, 1.82) is 0 Å². The molecule has 1 aliphatic rings. The molecule has 0 aromatic carbocycles. The molecule has 2 heterocycles. The Morgan fingerprint density at radius 2 is 2.33 bits per heavy atom. The van der Waals surface area contributed by atoms with Crippen LogP contribution in [0.1, 0.15) is 31.9 Å². The molecule has 1 aliphatic heterocycles. The molecule has 1 N–H and O–H groups in total. The van der Waals surface area contributed by atoms with Crippen LogP contribution in [0.5, 0.6) is 0 Å². The van der Waals surface area contributed by atoms with Gasteiger partial charge in [-0.1, -0.05) is 30.7 Å². The molecule has 1 aromatic rings. The number of rotatable bonds is 6. The summed E-state index contributed by atoms with van der Waals surface area (Å²) in [5.74, 6) is 0.132. The molecule has 0 aliphatic carbocycles. The lowest BCUT2D eigenvalue weighted by Gasteiger charge is -2.27. The number of carbonyl (C=O) groups excluding carboxylic acids is 1. The van der Waals surface area contributed by atoms with Crippen molar-refractivity contribution < 1.29 is 4.79 Å². The molecule has 0 spiro atoms. The first kappa shape index (κ1) is 16.0. The van der Waals surface area contributed by atoms with Gasteiger partial charge in [-0.15, -0.1) is 0 Å². The first-order valence-electron chi connectivity index (χ1n) is 7.45. The number of hydrogen-bond donors (Lipinski definition) is 1. The van der Waals surface area contributed by atoms with Gasteiger partial charge in [0.25, 0.3) is 0 Å². The lowest BCUT2D eigenvalue weighted by molar-refractivity contribution is -0.120. The molecule has 0 unspecified atom stereocenters. The number of hydrogen-bond acceptors (Lipinski definition) is 3. The van der Waals surface area contributed by atoms with Crippen LogP contribution in [0.25, 0.3) is 0 Å². The van der Waals surface area contributed by atoms with E-state index in [0.717, 1.165) is 38.2 Å². The fourth-order valence-electron chi connectivity index (χ4n) is 2.44. The minimum absolute atomic E-state index is 0.132. The summed E-state index contributed by atoms with van der Waals surface area (Å²) in [7, 11) is 0. The van der Waals surface area contributed by atoms with Crippen molar-refractivity contribution in [2.75, 3.05) is 19.6 Å². The fraction of sp³-hybridized carbons (Fsp3) is 0.500. The van der Waals surface area contributed by atoms with Crippen LogP contribution in [0.15, 0.2) is 29.8 Å². The van der Waals surface area contributed by atoms with Crippen molar-refractivity contribution in [3.8, 4) is 0 Å². The Hall–Kier alpha value is -1.39. The van der Waals surface area contributed by atoms with E-state index in [1.807, 2.05) is 19.1 Å². The van der Waals surface area contributed by atoms with E-state index in [1.54, 1.807) is 6.07 Å². The van der Waals surface area contributed by atoms with E-state index in [-0.39, 0.29) is 5.91 Å². The number of carbonyl (C=O) groups is 1. The molecule has 114 valence electrons. The van der Waals surface area contributed by atoms with E-state index in [1.165, 1.54) is 5.57 Å². The normalized spacial score (nSPS) is 15.6. The van der Waals surface area contributed by atoms with Crippen molar-refractivity contribution in [3.63, 3.8) is 0 Å². The maximum atomic E-state index is 11.5. The number of aromatic nitrogens is 1. The molecule has 0 radical (unpaired) electrons. The van der Waals surface area contributed by atoms with E-state index >= 15 is 0 Å². The van der Waals surface area contributed by atoms with Crippen LogP contribution >= 0.6 is 11.6 Å². The second kappa shape index (κ2) is 8.15. The third kappa shape index (κ3) is 5.48. The van der Waals surface area contributed by atoms with E-state index in [0.29, 0.717) is 18.1 Å². The average Bonchev–Trinajstić information content (AvgIpc) is 2.46. The lowest BCUT2D eigenvalue weighted by atomic mass is 10.1. The second-order valence-electron chi connectivity index (χ2n) is 5.34. The number of halogens is 1. The van der Waals surface area contributed by atoms with Crippen molar-refractivity contribution in [1.82, 2.24) is 15.2 Å². The predicted molar refractivity (Wildman–Crippen MR) is 85.1 cm³/mol. The summed E-state index contributed by atoms with van der Waals surface area (Å²) in [5.41, 5.74) is 2.26. The third-order valence-electron chi connectivity index (χ3n) is 3.45. The van der Waals surface area contributed by atoms with Crippen LogP contribution < -0.4 is 5.32 Å². The maximum absolute atomic E-state index is 11.5. The standard InChI is InChI=1S/C16H22ClN3O/c1-2-5-16(21)18-10-13-6-4-9-20(11-13)12-14-7-3-8-15(17)19-14/h3,6-8H,2,4-5,9-12H2,1H3,(H,18,21). The highest BCUT2D eigenvalue weighted by molar-refractivity contribution is 6.29. The summed E-state index contributed by atoms with van der Waals surface area (Å²) in [5, 5.41) is 3.51. The number of pyridine rings is 1. The van der Waals surface area contributed by atoms with E-state index in [2.05, 4.69) is 21.3 Å². The minimum atomic E-state index is 0.132. The Morgan fingerprint density at radius 3 is 3.10 bits per heavy atom. The van der Waals surface area contributed by atoms with Gasteiger partial charge in [-0.25, -0.2) is 4.98 Å². The van der Waals surface area contributed by atoms with Gasteiger partial charge < -0.3 is 5.32 Å². The van der Waals surface area contributed by atoms with Crippen LogP contribution in [0.4, 0.5) is 0 Å². The molecule has 0 fully saturated rings. The topological polar surface area (TPSA) is 45.2 Å². The van der Waals surface area contributed by atoms with Crippen molar-refractivity contribution in [2.45, 2.75) is 32.7 Å². The van der Waals surface area contributed by atoms with Crippen LogP contribution in [-0.2, 0) is 11.3 Å². The van der Waals surface area contributed by atoms with Crippen molar-refractivity contribution in [2.24, 2.45) is 0 Å². The molecule has 1 aromatic heterocycles. The summed E-state index contributed by atoms with van der Waals surface area (Å²) in [4.78, 5) is 18.2. The first-order chi connectivity index (χ1) is 10.2. The molecular formula is C16H22ClN3O. The van der Waals surface area contributed by atoms with Gasteiger partial charge in [-0.3, -0.25) is 9.69 Å². The van der Waals surface area contributed by atoms with Gasteiger partial charge >= 0.3 is 0 Å². The van der Waals surface area contributed by atoms with E-state index < -0.39 is 0 Å². The van der Waals surface area contributed by atoms with Crippen molar-refractivity contribution in [3.05, 3.63) is 40.7 Å². The molecule has 4 nitrogen and oxygen atoms in total. The fourth-order valence-corrected chi connectivity index (χ4v) is 2.62. The summed E-state index contributed by atoms with van der Waals surface area (Å²) in [6, 6.07) is 5.71. The Labute approximate surface area is 131 Å². The summed E-state index contributed by atoms with van der Waals surface area (Å²) >= 11 is 5.92. The zero-order chi connectivity index (χ0) is 15.1. The lowest BCUT2D eigenvalue weighted by Crippen LogP contribution is -2.34. The summed E-state index contributed by atoms with van der Waals surface area (Å²) in [6.45, 7) is 5.35. The van der Waals surface area contributed by atoms with Gasteiger partial charge in [0.1, 0.15) is 5.15 Å². The molecule has 0 saturated carbocycles. The minimum Gasteiger partial charge on any atom is -0.352 e. The first-order valence-corrected chi connectivity index (χ1v) is 7.83. The molecule has 21 heavy (non-hydrogen) atoms. The summed E-state index contributed by atoms with van der Waals surface area (Å²) < 4.78 is 0. The monoisotopic (exact) mass is 307 g/mol. The van der Waals surface area contributed by atoms with Gasteiger partial charge in [-0.2, -0.15) is 0 Å². The zero-order valence-corrected chi connectivity index (χ0v) is 13.2. The largest absolute Gasteiger partial charge is 0.352 e. The Bertz CT molecular complexity index is 516. The highest BCUT2D eigenvalue weighted by Gasteiger charge is 2.14. The van der Waals surface area contributed by atoms with Crippen LogP contribution in [-0.4, -0.2) is 35.4 Å². The molecule has 0 saturated heterocycles. The van der Waals surface area contributed by atoms with E-state index in [4.69, 9.17) is 11.6 Å². The average molecular weight is 308 g/mol. The third-order valence-corrected chi connectivity index (χ3v) is 3.66. The zero-order valence-electron chi connectivity index (χ0n) is 12.4. The Kier molecular flexibility index (Phi) is 6.21. The maximum Gasteiger partial charge on any atom is 0.220 e. The quantitative estimate of drug-likeness (QED) is 0.649. The Morgan fingerprint density at radius 1 is 1.48 bits per heavy atom. The van der Waals surface area contributed by atoms with Crippen LogP contribution in [0.3, 0.4) is 0 Å². The highest BCUT2D eigenvalue weighted by atomic mass is 35.5. The van der Waals surface area contributed by atoms with Crippen molar-refractivity contribution >= 4 is 17.5 Å². The van der Waals surface area contributed by atoms with Crippen LogP contribution in [0, 0.1) is 0 Å². The van der Waals surface area contributed by atoms with Crippen LogP contribution in [0.2, 0.25) is 5.15 Å². The number of amides is 1. The molecule has 0 atom stereocenters. The number of nitrogens with one attached hydrogen (secondary N) is 1. The Balaban J connectivity index is 1.82. The van der Waals surface area contributed by atoms with E-state index in [9.17, 15) is 4.79 Å². The summed E-state index contributed by atoms with van der Waals surface area (Å²) in [6.07, 6.45) is 4.73. The molecular weight excluding hydrogens is 286 g/mol. The highest BCUT2D eigenvalue weighted by Crippen LogP contribution is 2.13. The number of nitrogens with zero attached hydrogens (tertiary/aromatic N) is 2.